The molecule has 106 valence electrons. The fourth-order valence-corrected chi connectivity index (χ4v) is 3.40. The number of nitrogens with two attached hydrogens (primary N) is 1. The van der Waals surface area contributed by atoms with E-state index in [2.05, 4.69) is 17.1 Å². The number of aliphatic carboxylic acids is 1. The van der Waals surface area contributed by atoms with Gasteiger partial charge >= 0.3 is 5.97 Å². The topological polar surface area (TPSA) is 94.0 Å². The van der Waals surface area contributed by atoms with Crippen molar-refractivity contribution < 1.29 is 9.90 Å². The lowest BCUT2D eigenvalue weighted by Crippen LogP contribution is -2.19. The van der Waals surface area contributed by atoms with Gasteiger partial charge in [0.25, 0.3) is 0 Å². The molecule has 7 heteroatoms. The van der Waals surface area contributed by atoms with Gasteiger partial charge in [-0.3, -0.25) is 9.36 Å². The maximum Gasteiger partial charge on any atom is 0.313 e. The van der Waals surface area contributed by atoms with Crippen LogP contribution in [0.5, 0.6) is 0 Å². The molecule has 0 bridgehead atoms. The number of hydrogen-bond donors (Lipinski definition) is 2. The maximum atomic E-state index is 10.7. The molecule has 1 fully saturated rings. The van der Waals surface area contributed by atoms with Crippen LogP contribution in [0.15, 0.2) is 5.16 Å². The van der Waals surface area contributed by atoms with Crippen molar-refractivity contribution in [2.24, 2.45) is 5.92 Å². The van der Waals surface area contributed by atoms with Crippen molar-refractivity contribution in [1.29, 1.82) is 0 Å². The molecule has 1 aliphatic rings. The summed E-state index contributed by atoms with van der Waals surface area (Å²) in [6, 6.07) is 0.286. The Morgan fingerprint density at radius 1 is 1.42 bits per heavy atom. The zero-order valence-corrected chi connectivity index (χ0v) is 11.9. The zero-order chi connectivity index (χ0) is 13.8. The van der Waals surface area contributed by atoms with E-state index in [-0.39, 0.29) is 11.8 Å². The standard InChI is InChI=1S/C12H20N4O2S/c1-8-5-3-2-4-6-9(8)16-11(13)14-15-12(16)19-7-10(17)18/h8-9H,2-7H2,1H3,(H2,13,14)(H,17,18). The first-order valence-corrected chi connectivity index (χ1v) is 7.63. The molecule has 1 saturated carbocycles. The van der Waals surface area contributed by atoms with E-state index >= 15 is 0 Å². The van der Waals surface area contributed by atoms with Gasteiger partial charge in [0.15, 0.2) is 5.16 Å². The van der Waals surface area contributed by atoms with Crippen LogP contribution in [-0.4, -0.2) is 31.6 Å². The maximum absolute atomic E-state index is 10.7. The molecule has 2 atom stereocenters. The average molecular weight is 284 g/mol. The van der Waals surface area contributed by atoms with Crippen LogP contribution < -0.4 is 5.73 Å². The molecule has 6 nitrogen and oxygen atoms in total. The van der Waals surface area contributed by atoms with Crippen LogP contribution in [0, 0.1) is 5.92 Å². The number of rotatable bonds is 4. The summed E-state index contributed by atoms with van der Waals surface area (Å²) in [5.41, 5.74) is 5.92. The second-order valence-corrected chi connectivity index (χ2v) is 6.02. The molecule has 0 aromatic carbocycles. The highest BCUT2D eigenvalue weighted by molar-refractivity contribution is 7.99. The molecule has 0 amide bonds. The van der Waals surface area contributed by atoms with Crippen LogP contribution in [0.4, 0.5) is 5.95 Å². The minimum absolute atomic E-state index is 0.0146. The van der Waals surface area contributed by atoms with Crippen molar-refractivity contribution in [2.75, 3.05) is 11.5 Å². The number of nitrogens with zero attached hydrogens (tertiary/aromatic N) is 3. The quantitative estimate of drug-likeness (QED) is 0.650. The van der Waals surface area contributed by atoms with Gasteiger partial charge in [-0.25, -0.2) is 0 Å². The lowest BCUT2D eigenvalue weighted by atomic mass is 9.97. The third-order valence-corrected chi connectivity index (χ3v) is 4.59. The minimum atomic E-state index is -0.855. The molecule has 1 heterocycles. The summed E-state index contributed by atoms with van der Waals surface area (Å²) < 4.78 is 1.93. The smallest absolute Gasteiger partial charge is 0.313 e. The SMILES string of the molecule is CC1CCCCCC1n1c(N)nnc1SCC(=O)O. The molecule has 19 heavy (non-hydrogen) atoms. The number of carboxylic acid groups (broad SMARTS) is 1. The average Bonchev–Trinajstić information content (AvgIpc) is 2.58. The van der Waals surface area contributed by atoms with Crippen LogP contribution in [0.2, 0.25) is 0 Å². The third-order valence-electron chi connectivity index (χ3n) is 3.66. The molecule has 2 rings (SSSR count). The molecule has 3 N–H and O–H groups in total. The van der Waals surface area contributed by atoms with E-state index in [1.165, 1.54) is 37.4 Å². The zero-order valence-electron chi connectivity index (χ0n) is 11.1. The second-order valence-electron chi connectivity index (χ2n) is 5.08. The van der Waals surface area contributed by atoms with Gasteiger partial charge in [0.05, 0.1) is 5.75 Å². The fraction of sp³-hybridized carbons (Fsp3) is 0.750. The van der Waals surface area contributed by atoms with E-state index < -0.39 is 5.97 Å². The Hall–Kier alpha value is -1.24. The predicted molar refractivity (Wildman–Crippen MR) is 74.1 cm³/mol. The lowest BCUT2D eigenvalue weighted by Gasteiger charge is -2.24. The first-order chi connectivity index (χ1) is 9.09. The van der Waals surface area contributed by atoms with Gasteiger partial charge in [0, 0.05) is 6.04 Å². The van der Waals surface area contributed by atoms with Crippen molar-refractivity contribution in [1.82, 2.24) is 14.8 Å². The summed E-state index contributed by atoms with van der Waals surface area (Å²) in [6.45, 7) is 2.22. The first kappa shape index (κ1) is 14.2. The van der Waals surface area contributed by atoms with Crippen molar-refractivity contribution in [3.63, 3.8) is 0 Å². The molecule has 0 radical (unpaired) electrons. The van der Waals surface area contributed by atoms with Gasteiger partial charge < -0.3 is 10.8 Å². The normalized spacial score (nSPS) is 24.1. The molecule has 0 saturated heterocycles. The van der Waals surface area contributed by atoms with Gasteiger partial charge in [0.1, 0.15) is 0 Å². The number of nitrogen functional groups attached to an aromatic ring is 1. The van der Waals surface area contributed by atoms with Crippen molar-refractivity contribution in [3.05, 3.63) is 0 Å². The Labute approximate surface area is 116 Å². The highest BCUT2D eigenvalue weighted by atomic mass is 32.2. The summed E-state index contributed by atoms with van der Waals surface area (Å²) in [6.07, 6.45) is 5.91. The number of aromatic nitrogens is 3. The van der Waals surface area contributed by atoms with Crippen LogP contribution in [-0.2, 0) is 4.79 Å². The largest absolute Gasteiger partial charge is 0.481 e. The van der Waals surface area contributed by atoms with Crippen LogP contribution in [0.3, 0.4) is 0 Å². The Morgan fingerprint density at radius 2 is 2.16 bits per heavy atom. The summed E-state index contributed by atoms with van der Waals surface area (Å²) in [7, 11) is 0. The molecule has 1 aliphatic carbocycles. The monoisotopic (exact) mass is 284 g/mol. The molecular weight excluding hydrogens is 264 g/mol. The highest BCUT2D eigenvalue weighted by Gasteiger charge is 2.26. The third kappa shape index (κ3) is 3.40. The van der Waals surface area contributed by atoms with Crippen LogP contribution >= 0.6 is 11.8 Å². The van der Waals surface area contributed by atoms with E-state index in [0.29, 0.717) is 17.0 Å². The summed E-state index contributed by atoms with van der Waals surface area (Å²) in [4.78, 5) is 10.7. The lowest BCUT2D eigenvalue weighted by molar-refractivity contribution is -0.133. The minimum Gasteiger partial charge on any atom is -0.481 e. The van der Waals surface area contributed by atoms with Crippen molar-refractivity contribution >= 4 is 23.7 Å². The van der Waals surface area contributed by atoms with Gasteiger partial charge in [-0.05, 0) is 18.8 Å². The highest BCUT2D eigenvalue weighted by Crippen LogP contribution is 2.36. The van der Waals surface area contributed by atoms with Crippen molar-refractivity contribution in [3.8, 4) is 0 Å². The Balaban J connectivity index is 2.21. The number of anilines is 1. The van der Waals surface area contributed by atoms with Crippen LogP contribution in [0.1, 0.15) is 45.1 Å². The molecule has 2 unspecified atom stereocenters. The molecule has 0 spiro atoms. The van der Waals surface area contributed by atoms with Gasteiger partial charge in [-0.2, -0.15) is 0 Å². The first-order valence-electron chi connectivity index (χ1n) is 6.64. The van der Waals surface area contributed by atoms with Gasteiger partial charge in [-0.15, -0.1) is 10.2 Å². The Morgan fingerprint density at radius 3 is 2.89 bits per heavy atom. The molecular formula is C12H20N4O2S. The van der Waals surface area contributed by atoms with Crippen molar-refractivity contribution in [2.45, 2.75) is 50.2 Å². The van der Waals surface area contributed by atoms with E-state index in [9.17, 15) is 4.79 Å². The summed E-state index contributed by atoms with van der Waals surface area (Å²) >= 11 is 1.19. The Kier molecular flexibility index (Phi) is 4.68. The second kappa shape index (κ2) is 6.27. The van der Waals surface area contributed by atoms with Gasteiger partial charge in [0.2, 0.25) is 5.95 Å². The van der Waals surface area contributed by atoms with E-state index in [0.717, 1.165) is 6.42 Å². The fourth-order valence-electron chi connectivity index (χ4n) is 2.68. The number of carboxylic acids is 1. The van der Waals surface area contributed by atoms with E-state index in [1.54, 1.807) is 0 Å². The van der Waals surface area contributed by atoms with E-state index in [1.807, 2.05) is 4.57 Å². The molecule has 1 aromatic heterocycles. The number of thioether (sulfide) groups is 1. The van der Waals surface area contributed by atoms with Crippen LogP contribution in [0.25, 0.3) is 0 Å². The summed E-state index contributed by atoms with van der Waals surface area (Å²) in [5.74, 6) is 0.0443. The van der Waals surface area contributed by atoms with E-state index in [4.69, 9.17) is 10.8 Å². The Bertz CT molecular complexity index is 449. The number of carbonyl (C=O) groups is 1. The summed E-state index contributed by atoms with van der Waals surface area (Å²) in [5, 5.41) is 17.3. The number of hydrogen-bond acceptors (Lipinski definition) is 5. The predicted octanol–water partition coefficient (Wildman–Crippen LogP) is 2.18. The molecule has 1 aromatic rings. The molecule has 0 aliphatic heterocycles. The van der Waals surface area contributed by atoms with Gasteiger partial charge in [-0.1, -0.05) is 37.9 Å².